The number of aryl methyl sites for hydroxylation is 2. The summed E-state index contributed by atoms with van der Waals surface area (Å²) in [5.41, 5.74) is 4.31. The Labute approximate surface area is 106 Å². The summed E-state index contributed by atoms with van der Waals surface area (Å²) in [6, 6.07) is 7.73. The molecule has 2 rings (SSSR count). The first-order valence-electron chi connectivity index (χ1n) is 6.94. The first kappa shape index (κ1) is 12.6. The van der Waals surface area contributed by atoms with Gasteiger partial charge in [0.15, 0.2) is 0 Å². The maximum Gasteiger partial charge on any atom is 0.00682 e. The number of nitrogens with one attached hydrogen (secondary N) is 1. The van der Waals surface area contributed by atoms with E-state index in [0.29, 0.717) is 0 Å². The third-order valence-electron chi connectivity index (χ3n) is 3.80. The molecule has 1 N–H and O–H groups in total. The molecule has 0 heterocycles. The van der Waals surface area contributed by atoms with Gasteiger partial charge in [0.1, 0.15) is 0 Å². The van der Waals surface area contributed by atoms with Crippen LogP contribution in [0, 0.1) is 19.8 Å². The molecule has 0 bridgehead atoms. The molecule has 1 aromatic rings. The van der Waals surface area contributed by atoms with Gasteiger partial charge in [-0.3, -0.25) is 0 Å². The summed E-state index contributed by atoms with van der Waals surface area (Å²) in [4.78, 5) is 0. The molecule has 0 aromatic heterocycles. The molecule has 1 atom stereocenters. The van der Waals surface area contributed by atoms with E-state index < -0.39 is 0 Å². The number of hydrogen-bond acceptors (Lipinski definition) is 1. The van der Waals surface area contributed by atoms with Gasteiger partial charge in [-0.15, -0.1) is 0 Å². The highest BCUT2D eigenvalue weighted by Crippen LogP contribution is 2.19. The number of hydrogen-bond donors (Lipinski definition) is 1. The van der Waals surface area contributed by atoms with Gasteiger partial charge in [0.2, 0.25) is 0 Å². The van der Waals surface area contributed by atoms with Crippen LogP contribution >= 0.6 is 0 Å². The zero-order chi connectivity index (χ0) is 12.3. The van der Waals surface area contributed by atoms with Gasteiger partial charge in [-0.2, -0.15) is 0 Å². The summed E-state index contributed by atoms with van der Waals surface area (Å²) < 4.78 is 0. The minimum Gasteiger partial charge on any atom is -0.314 e. The predicted octanol–water partition coefficient (Wildman–Crippen LogP) is 3.62. The maximum atomic E-state index is 3.59. The maximum absolute atomic E-state index is 3.59. The van der Waals surface area contributed by atoms with Crippen molar-refractivity contribution in [3.63, 3.8) is 0 Å². The van der Waals surface area contributed by atoms with E-state index >= 15 is 0 Å². The van der Waals surface area contributed by atoms with E-state index in [-0.39, 0.29) is 0 Å². The standard InChI is InChI=1S/C16H25N/c1-12(8-9-17-16-6-7-16)10-15-5-4-13(2)14(3)11-15/h4-5,11-12,16-17H,6-10H2,1-3H3. The Morgan fingerprint density at radius 3 is 2.65 bits per heavy atom. The van der Waals surface area contributed by atoms with Crippen molar-refractivity contribution in [3.05, 3.63) is 34.9 Å². The van der Waals surface area contributed by atoms with E-state index in [0.717, 1.165) is 12.0 Å². The minimum atomic E-state index is 0.781. The molecule has 0 radical (unpaired) electrons. The van der Waals surface area contributed by atoms with E-state index in [9.17, 15) is 0 Å². The highest BCUT2D eigenvalue weighted by Gasteiger charge is 2.19. The van der Waals surface area contributed by atoms with E-state index in [2.05, 4.69) is 44.3 Å². The smallest absolute Gasteiger partial charge is 0.00682 e. The predicted molar refractivity (Wildman–Crippen MR) is 74.4 cm³/mol. The molecule has 17 heavy (non-hydrogen) atoms. The summed E-state index contributed by atoms with van der Waals surface area (Å²) in [5, 5.41) is 3.59. The van der Waals surface area contributed by atoms with Crippen molar-refractivity contribution >= 4 is 0 Å². The Balaban J connectivity index is 1.75. The van der Waals surface area contributed by atoms with Crippen molar-refractivity contribution in [1.29, 1.82) is 0 Å². The molecular formula is C16H25N. The molecule has 1 aliphatic rings. The second-order valence-corrected chi connectivity index (χ2v) is 5.74. The largest absolute Gasteiger partial charge is 0.314 e. The van der Waals surface area contributed by atoms with Gasteiger partial charge in [-0.25, -0.2) is 0 Å². The van der Waals surface area contributed by atoms with Crippen LogP contribution in [-0.2, 0) is 6.42 Å². The summed E-state index contributed by atoms with van der Waals surface area (Å²) in [6.07, 6.45) is 5.30. The molecule has 0 aliphatic heterocycles. The Bertz CT molecular complexity index is 366. The van der Waals surface area contributed by atoms with Crippen LogP contribution in [0.3, 0.4) is 0 Å². The lowest BCUT2D eigenvalue weighted by atomic mass is 9.96. The van der Waals surface area contributed by atoms with E-state index in [1.54, 1.807) is 0 Å². The summed E-state index contributed by atoms with van der Waals surface area (Å²) in [5.74, 6) is 0.781. The number of rotatable bonds is 6. The highest BCUT2D eigenvalue weighted by atomic mass is 14.9. The van der Waals surface area contributed by atoms with Crippen molar-refractivity contribution < 1.29 is 0 Å². The molecule has 0 spiro atoms. The molecule has 1 aliphatic carbocycles. The molecule has 1 heteroatoms. The van der Waals surface area contributed by atoms with Gasteiger partial charge in [0, 0.05) is 6.04 Å². The van der Waals surface area contributed by atoms with Crippen molar-refractivity contribution in [3.8, 4) is 0 Å². The fourth-order valence-corrected chi connectivity index (χ4v) is 2.26. The minimum absolute atomic E-state index is 0.781. The van der Waals surface area contributed by atoms with E-state index in [1.165, 1.54) is 48.9 Å². The molecule has 1 fully saturated rings. The summed E-state index contributed by atoms with van der Waals surface area (Å²) in [7, 11) is 0. The van der Waals surface area contributed by atoms with Crippen molar-refractivity contribution in [2.24, 2.45) is 5.92 Å². The molecule has 1 nitrogen and oxygen atoms in total. The van der Waals surface area contributed by atoms with E-state index in [1.807, 2.05) is 0 Å². The molecule has 1 saturated carbocycles. The highest BCUT2D eigenvalue weighted by molar-refractivity contribution is 5.30. The molecule has 1 unspecified atom stereocenters. The fraction of sp³-hybridized carbons (Fsp3) is 0.625. The quantitative estimate of drug-likeness (QED) is 0.788. The summed E-state index contributed by atoms with van der Waals surface area (Å²) >= 11 is 0. The average Bonchev–Trinajstić information content (AvgIpc) is 3.07. The Kier molecular flexibility index (Phi) is 4.22. The number of benzene rings is 1. The zero-order valence-electron chi connectivity index (χ0n) is 11.4. The van der Waals surface area contributed by atoms with Gasteiger partial charge in [0.05, 0.1) is 0 Å². The molecular weight excluding hydrogens is 206 g/mol. The van der Waals surface area contributed by atoms with Crippen molar-refractivity contribution in [1.82, 2.24) is 5.32 Å². The molecule has 0 amide bonds. The zero-order valence-corrected chi connectivity index (χ0v) is 11.4. The molecule has 94 valence electrons. The monoisotopic (exact) mass is 231 g/mol. The Morgan fingerprint density at radius 2 is 2.00 bits per heavy atom. The third-order valence-corrected chi connectivity index (χ3v) is 3.80. The van der Waals surface area contributed by atoms with Crippen molar-refractivity contribution in [2.45, 2.75) is 52.5 Å². The van der Waals surface area contributed by atoms with Crippen LogP contribution in [0.4, 0.5) is 0 Å². The van der Waals surface area contributed by atoms with Gasteiger partial charge in [-0.1, -0.05) is 25.1 Å². The lowest BCUT2D eigenvalue weighted by molar-refractivity contribution is 0.497. The SMILES string of the molecule is Cc1ccc(CC(C)CCNC2CC2)cc1C. The van der Waals surface area contributed by atoms with Crippen LogP contribution in [0.15, 0.2) is 18.2 Å². The van der Waals surface area contributed by atoms with Crippen LogP contribution in [0.25, 0.3) is 0 Å². The van der Waals surface area contributed by atoms with E-state index in [4.69, 9.17) is 0 Å². The second kappa shape index (κ2) is 5.68. The Morgan fingerprint density at radius 1 is 1.24 bits per heavy atom. The van der Waals surface area contributed by atoms with Crippen LogP contribution in [0.1, 0.15) is 42.9 Å². The molecule has 1 aromatic carbocycles. The van der Waals surface area contributed by atoms with Gasteiger partial charge in [-0.05, 0) is 68.7 Å². The topological polar surface area (TPSA) is 12.0 Å². The fourth-order valence-electron chi connectivity index (χ4n) is 2.26. The van der Waals surface area contributed by atoms with Gasteiger partial charge in [0.25, 0.3) is 0 Å². The summed E-state index contributed by atoms with van der Waals surface area (Å²) in [6.45, 7) is 7.95. The normalized spacial score (nSPS) is 17.1. The lowest BCUT2D eigenvalue weighted by Crippen LogP contribution is -2.20. The van der Waals surface area contributed by atoms with Crippen LogP contribution in [-0.4, -0.2) is 12.6 Å². The van der Waals surface area contributed by atoms with Gasteiger partial charge >= 0.3 is 0 Å². The van der Waals surface area contributed by atoms with Crippen LogP contribution < -0.4 is 5.32 Å². The van der Waals surface area contributed by atoms with Gasteiger partial charge < -0.3 is 5.32 Å². The second-order valence-electron chi connectivity index (χ2n) is 5.74. The van der Waals surface area contributed by atoms with Crippen LogP contribution in [0.5, 0.6) is 0 Å². The Hall–Kier alpha value is -0.820. The lowest BCUT2D eigenvalue weighted by Gasteiger charge is -2.13. The van der Waals surface area contributed by atoms with Crippen molar-refractivity contribution in [2.75, 3.05) is 6.54 Å². The molecule has 0 saturated heterocycles. The van der Waals surface area contributed by atoms with Crippen LogP contribution in [0.2, 0.25) is 0 Å². The average molecular weight is 231 g/mol. The third kappa shape index (κ3) is 4.16. The first-order valence-corrected chi connectivity index (χ1v) is 6.94. The first-order chi connectivity index (χ1) is 8.15.